The van der Waals surface area contributed by atoms with Crippen LogP contribution in [0.4, 0.5) is 0 Å². The number of thiazole rings is 1. The van der Waals surface area contributed by atoms with Gasteiger partial charge in [-0.1, -0.05) is 30.3 Å². The minimum absolute atomic E-state index is 0.0124. The number of rotatable bonds is 5. The molecule has 0 aliphatic carbocycles. The van der Waals surface area contributed by atoms with Crippen LogP contribution in [-0.4, -0.2) is 33.8 Å². The molecular weight excluding hydrogens is 358 g/mol. The highest BCUT2D eigenvalue weighted by molar-refractivity contribution is 7.17. The van der Waals surface area contributed by atoms with Crippen LogP contribution in [-0.2, 0) is 11.3 Å². The maximum absolute atomic E-state index is 12.5. The molecule has 0 bridgehead atoms. The predicted molar refractivity (Wildman–Crippen MR) is 108 cm³/mol. The first-order valence-electron chi connectivity index (χ1n) is 8.81. The van der Waals surface area contributed by atoms with E-state index in [1.54, 1.807) is 23.3 Å². The normalized spacial score (nSPS) is 11.2. The second-order valence-electron chi connectivity index (χ2n) is 6.69. The number of carbonyl (C=O) groups excluding carboxylic acids is 1. The molecule has 0 aliphatic heterocycles. The van der Waals surface area contributed by atoms with E-state index in [1.165, 1.54) is 4.88 Å². The molecule has 0 atom stereocenters. The zero-order chi connectivity index (χ0) is 19.0. The van der Waals surface area contributed by atoms with Gasteiger partial charge in [0.1, 0.15) is 5.75 Å². The van der Waals surface area contributed by atoms with Crippen LogP contribution in [0.3, 0.4) is 0 Å². The summed E-state index contributed by atoms with van der Waals surface area (Å²) < 4.78 is 7.80. The first-order chi connectivity index (χ1) is 13.0. The standard InChI is InChI=1S/C21H21N3O2S/c1-14-11-24-19(15(2)22-21(24)27-14)12-23(3)20(25)13-26-18-9-8-16-6-4-5-7-17(16)10-18/h4-11H,12-13H2,1-3H3. The lowest BCUT2D eigenvalue weighted by atomic mass is 10.1. The summed E-state index contributed by atoms with van der Waals surface area (Å²) in [6.07, 6.45) is 2.07. The van der Waals surface area contributed by atoms with Crippen molar-refractivity contribution in [3.63, 3.8) is 0 Å². The highest BCUT2D eigenvalue weighted by Crippen LogP contribution is 2.22. The van der Waals surface area contributed by atoms with Crippen molar-refractivity contribution in [3.8, 4) is 5.75 Å². The zero-order valence-electron chi connectivity index (χ0n) is 15.6. The number of carbonyl (C=O) groups is 1. The summed E-state index contributed by atoms with van der Waals surface area (Å²) in [6.45, 7) is 4.56. The fraction of sp³-hybridized carbons (Fsp3) is 0.238. The van der Waals surface area contributed by atoms with E-state index in [4.69, 9.17) is 4.74 Å². The molecule has 2 aromatic heterocycles. The number of amides is 1. The van der Waals surface area contributed by atoms with Crippen LogP contribution >= 0.6 is 11.3 Å². The highest BCUT2D eigenvalue weighted by Gasteiger charge is 2.16. The number of aryl methyl sites for hydroxylation is 2. The van der Waals surface area contributed by atoms with Crippen LogP contribution in [0.5, 0.6) is 5.75 Å². The number of hydrogen-bond donors (Lipinski definition) is 0. The van der Waals surface area contributed by atoms with Gasteiger partial charge in [0.15, 0.2) is 11.6 Å². The molecule has 0 N–H and O–H groups in total. The van der Waals surface area contributed by atoms with Crippen LogP contribution in [0.1, 0.15) is 16.3 Å². The number of ether oxygens (including phenoxy) is 1. The molecule has 1 amide bonds. The van der Waals surface area contributed by atoms with Gasteiger partial charge in [0.2, 0.25) is 0 Å². The topological polar surface area (TPSA) is 46.8 Å². The number of aromatic nitrogens is 2. The summed E-state index contributed by atoms with van der Waals surface area (Å²) in [6, 6.07) is 13.9. The van der Waals surface area contributed by atoms with E-state index in [9.17, 15) is 4.79 Å². The smallest absolute Gasteiger partial charge is 0.260 e. The summed E-state index contributed by atoms with van der Waals surface area (Å²) in [7, 11) is 1.80. The Morgan fingerprint density at radius 3 is 2.78 bits per heavy atom. The number of likely N-dealkylation sites (N-methyl/N-ethyl adjacent to an activating group) is 1. The van der Waals surface area contributed by atoms with Crippen LogP contribution in [0, 0.1) is 13.8 Å². The van der Waals surface area contributed by atoms with Crippen molar-refractivity contribution in [1.82, 2.24) is 14.3 Å². The van der Waals surface area contributed by atoms with E-state index >= 15 is 0 Å². The van der Waals surface area contributed by atoms with Gasteiger partial charge < -0.3 is 9.64 Å². The molecule has 2 aromatic carbocycles. The number of benzene rings is 2. The van der Waals surface area contributed by atoms with Crippen molar-refractivity contribution >= 4 is 33.0 Å². The number of imidazole rings is 1. The number of nitrogens with zero attached hydrogens (tertiary/aromatic N) is 3. The molecular formula is C21H21N3O2S. The Balaban J connectivity index is 1.43. The van der Waals surface area contributed by atoms with Crippen molar-refractivity contribution in [2.75, 3.05) is 13.7 Å². The highest BCUT2D eigenvalue weighted by atomic mass is 32.1. The van der Waals surface area contributed by atoms with Crippen LogP contribution in [0.15, 0.2) is 48.7 Å². The number of fused-ring (bicyclic) bond motifs is 2. The SMILES string of the molecule is Cc1cn2c(CN(C)C(=O)COc3ccc4ccccc4c3)c(C)nc2s1. The van der Waals surface area contributed by atoms with E-state index in [0.29, 0.717) is 12.3 Å². The van der Waals surface area contributed by atoms with E-state index in [0.717, 1.165) is 27.1 Å². The molecule has 0 unspecified atom stereocenters. The number of hydrogen-bond acceptors (Lipinski definition) is 4. The molecule has 0 saturated heterocycles. The molecule has 4 rings (SSSR count). The lowest BCUT2D eigenvalue weighted by Gasteiger charge is -2.17. The molecule has 6 heteroatoms. The fourth-order valence-electron chi connectivity index (χ4n) is 3.12. The molecule has 4 aromatic rings. The van der Waals surface area contributed by atoms with Crippen molar-refractivity contribution < 1.29 is 9.53 Å². The van der Waals surface area contributed by atoms with Crippen molar-refractivity contribution in [3.05, 3.63) is 64.9 Å². The van der Waals surface area contributed by atoms with Gasteiger partial charge in [-0.2, -0.15) is 0 Å². The average Bonchev–Trinajstić information content (AvgIpc) is 3.15. The Labute approximate surface area is 161 Å². The molecule has 0 spiro atoms. The van der Waals surface area contributed by atoms with Gasteiger partial charge in [0, 0.05) is 18.1 Å². The molecule has 0 aliphatic rings. The van der Waals surface area contributed by atoms with Gasteiger partial charge in [-0.25, -0.2) is 4.98 Å². The van der Waals surface area contributed by atoms with E-state index in [2.05, 4.69) is 28.6 Å². The molecule has 27 heavy (non-hydrogen) atoms. The maximum Gasteiger partial charge on any atom is 0.260 e. The Hall–Kier alpha value is -2.86. The minimum Gasteiger partial charge on any atom is -0.484 e. The van der Waals surface area contributed by atoms with Gasteiger partial charge in [-0.15, -0.1) is 11.3 Å². The van der Waals surface area contributed by atoms with Crippen LogP contribution < -0.4 is 4.74 Å². The monoisotopic (exact) mass is 379 g/mol. The largest absolute Gasteiger partial charge is 0.484 e. The second-order valence-corrected chi connectivity index (χ2v) is 7.90. The van der Waals surface area contributed by atoms with E-state index in [1.807, 2.05) is 43.3 Å². The van der Waals surface area contributed by atoms with Crippen molar-refractivity contribution in [1.29, 1.82) is 0 Å². The Morgan fingerprint density at radius 1 is 1.19 bits per heavy atom. The average molecular weight is 379 g/mol. The Morgan fingerprint density at radius 2 is 1.96 bits per heavy atom. The first kappa shape index (κ1) is 17.5. The van der Waals surface area contributed by atoms with Crippen molar-refractivity contribution in [2.24, 2.45) is 0 Å². The lowest BCUT2D eigenvalue weighted by Crippen LogP contribution is -2.31. The van der Waals surface area contributed by atoms with E-state index < -0.39 is 0 Å². The molecule has 2 heterocycles. The molecule has 138 valence electrons. The third-order valence-electron chi connectivity index (χ3n) is 4.64. The Kier molecular flexibility index (Phi) is 4.58. The van der Waals surface area contributed by atoms with Gasteiger partial charge in [-0.3, -0.25) is 9.20 Å². The predicted octanol–water partition coefficient (Wildman–Crippen LogP) is 4.20. The maximum atomic E-state index is 12.5. The van der Waals surface area contributed by atoms with Gasteiger partial charge >= 0.3 is 0 Å². The third-order valence-corrected chi connectivity index (χ3v) is 5.53. The zero-order valence-corrected chi connectivity index (χ0v) is 16.4. The minimum atomic E-state index is -0.0653. The fourth-order valence-corrected chi connectivity index (χ4v) is 4.01. The first-order valence-corrected chi connectivity index (χ1v) is 9.62. The van der Waals surface area contributed by atoms with Gasteiger partial charge in [0.25, 0.3) is 5.91 Å². The summed E-state index contributed by atoms with van der Waals surface area (Å²) in [5.74, 6) is 0.635. The summed E-state index contributed by atoms with van der Waals surface area (Å²) >= 11 is 1.65. The summed E-state index contributed by atoms with van der Waals surface area (Å²) in [5.41, 5.74) is 1.99. The van der Waals surface area contributed by atoms with Crippen molar-refractivity contribution in [2.45, 2.75) is 20.4 Å². The van der Waals surface area contributed by atoms with Crippen LogP contribution in [0.25, 0.3) is 15.7 Å². The van der Waals surface area contributed by atoms with Gasteiger partial charge in [0.05, 0.1) is 17.9 Å². The lowest BCUT2D eigenvalue weighted by molar-refractivity contribution is -0.132. The molecule has 0 saturated carbocycles. The summed E-state index contributed by atoms with van der Waals surface area (Å²) in [5, 5.41) is 2.25. The molecule has 0 radical (unpaired) electrons. The van der Waals surface area contributed by atoms with Gasteiger partial charge in [-0.05, 0) is 36.8 Å². The quantitative estimate of drug-likeness (QED) is 0.522. The Bertz CT molecular complexity index is 1130. The van der Waals surface area contributed by atoms with E-state index in [-0.39, 0.29) is 12.5 Å². The van der Waals surface area contributed by atoms with Crippen LogP contribution in [0.2, 0.25) is 0 Å². The molecule has 5 nitrogen and oxygen atoms in total. The second kappa shape index (κ2) is 7.04. The summed E-state index contributed by atoms with van der Waals surface area (Å²) in [4.78, 5) is 21.0. The third kappa shape index (κ3) is 3.53. The molecule has 0 fully saturated rings.